The third-order valence-corrected chi connectivity index (χ3v) is 3.83. The molecule has 0 radical (unpaired) electrons. The standard InChI is InChI=1S/C13H23N3O/c1-3-10(14)13(8-17)16-9(2)15-11-6-4-5-7-12(11)16/h10,13,17H,3-8,14H2,1-2H3. The highest BCUT2D eigenvalue weighted by molar-refractivity contribution is 5.21. The van der Waals surface area contributed by atoms with Crippen LogP contribution in [-0.2, 0) is 12.8 Å². The second-order valence-electron chi connectivity index (χ2n) is 4.95. The fraction of sp³-hybridized carbons (Fsp3) is 0.769. The maximum Gasteiger partial charge on any atom is 0.106 e. The summed E-state index contributed by atoms with van der Waals surface area (Å²) in [6.07, 6.45) is 5.47. The summed E-state index contributed by atoms with van der Waals surface area (Å²) in [5.41, 5.74) is 8.63. The van der Waals surface area contributed by atoms with E-state index in [0.29, 0.717) is 0 Å². The Morgan fingerprint density at radius 3 is 2.76 bits per heavy atom. The van der Waals surface area contributed by atoms with Gasteiger partial charge in [0.15, 0.2) is 0 Å². The first-order chi connectivity index (χ1) is 8.19. The zero-order chi connectivity index (χ0) is 12.4. The number of hydrogen-bond donors (Lipinski definition) is 2. The number of fused-ring (bicyclic) bond motifs is 1. The molecule has 0 aliphatic heterocycles. The number of rotatable bonds is 4. The van der Waals surface area contributed by atoms with Gasteiger partial charge in [0.2, 0.25) is 0 Å². The van der Waals surface area contributed by atoms with E-state index in [0.717, 1.165) is 25.1 Å². The molecular weight excluding hydrogens is 214 g/mol. The van der Waals surface area contributed by atoms with E-state index in [1.54, 1.807) is 0 Å². The molecule has 2 rings (SSSR count). The van der Waals surface area contributed by atoms with Crippen LogP contribution in [0.15, 0.2) is 0 Å². The first kappa shape index (κ1) is 12.6. The lowest BCUT2D eigenvalue weighted by Crippen LogP contribution is -2.35. The normalized spacial score (nSPS) is 18.8. The summed E-state index contributed by atoms with van der Waals surface area (Å²) < 4.78 is 2.18. The van der Waals surface area contributed by atoms with E-state index in [2.05, 4.69) is 16.5 Å². The molecule has 96 valence electrons. The fourth-order valence-corrected chi connectivity index (χ4v) is 2.82. The molecule has 0 bridgehead atoms. The molecule has 17 heavy (non-hydrogen) atoms. The Balaban J connectivity index is 2.39. The number of aromatic nitrogens is 2. The number of aliphatic hydroxyl groups is 1. The molecule has 2 atom stereocenters. The Labute approximate surface area is 103 Å². The minimum Gasteiger partial charge on any atom is -0.394 e. The second kappa shape index (κ2) is 5.19. The molecule has 1 aromatic rings. The van der Waals surface area contributed by atoms with Crippen LogP contribution in [0.4, 0.5) is 0 Å². The number of imidazole rings is 1. The molecule has 1 aliphatic rings. The number of nitrogens with two attached hydrogens (primary N) is 1. The molecule has 1 aromatic heterocycles. The lowest BCUT2D eigenvalue weighted by molar-refractivity contribution is 0.200. The Morgan fingerprint density at radius 2 is 2.12 bits per heavy atom. The highest BCUT2D eigenvalue weighted by Gasteiger charge is 2.25. The molecule has 4 nitrogen and oxygen atoms in total. The SMILES string of the molecule is CCC(N)C(CO)n1c(C)nc2c1CCCC2. The molecule has 3 N–H and O–H groups in total. The fourth-order valence-electron chi connectivity index (χ4n) is 2.82. The van der Waals surface area contributed by atoms with Crippen molar-refractivity contribution in [2.45, 2.75) is 58.0 Å². The molecule has 4 heteroatoms. The van der Waals surface area contributed by atoms with Crippen molar-refractivity contribution >= 4 is 0 Å². The highest BCUT2D eigenvalue weighted by atomic mass is 16.3. The third-order valence-electron chi connectivity index (χ3n) is 3.83. The van der Waals surface area contributed by atoms with Crippen molar-refractivity contribution in [3.8, 4) is 0 Å². The van der Waals surface area contributed by atoms with Crippen LogP contribution in [-0.4, -0.2) is 27.3 Å². The van der Waals surface area contributed by atoms with E-state index in [9.17, 15) is 5.11 Å². The molecule has 2 unspecified atom stereocenters. The highest BCUT2D eigenvalue weighted by Crippen LogP contribution is 2.26. The minimum absolute atomic E-state index is 0.000994. The van der Waals surface area contributed by atoms with Gasteiger partial charge in [-0.2, -0.15) is 0 Å². The summed E-state index contributed by atoms with van der Waals surface area (Å²) in [6, 6.07) is -0.0201. The summed E-state index contributed by atoms with van der Waals surface area (Å²) >= 11 is 0. The quantitative estimate of drug-likeness (QED) is 0.830. The van der Waals surface area contributed by atoms with E-state index in [-0.39, 0.29) is 18.7 Å². The Hall–Kier alpha value is -0.870. The van der Waals surface area contributed by atoms with Gasteiger partial charge in [0, 0.05) is 11.7 Å². The van der Waals surface area contributed by atoms with E-state index < -0.39 is 0 Å². The van der Waals surface area contributed by atoms with Crippen LogP contribution in [0, 0.1) is 6.92 Å². The number of aliphatic hydroxyl groups excluding tert-OH is 1. The molecule has 0 fully saturated rings. The van der Waals surface area contributed by atoms with Gasteiger partial charge in [-0.15, -0.1) is 0 Å². The van der Waals surface area contributed by atoms with Crippen LogP contribution in [0.2, 0.25) is 0 Å². The maximum atomic E-state index is 9.60. The van der Waals surface area contributed by atoms with Crippen LogP contribution in [0.1, 0.15) is 49.4 Å². The van der Waals surface area contributed by atoms with Gasteiger partial charge < -0.3 is 15.4 Å². The van der Waals surface area contributed by atoms with Crippen molar-refractivity contribution in [2.24, 2.45) is 5.73 Å². The van der Waals surface area contributed by atoms with Gasteiger partial charge in [-0.3, -0.25) is 0 Å². The van der Waals surface area contributed by atoms with Gasteiger partial charge in [0.25, 0.3) is 0 Å². The van der Waals surface area contributed by atoms with E-state index in [4.69, 9.17) is 5.73 Å². The van der Waals surface area contributed by atoms with Crippen LogP contribution >= 0.6 is 0 Å². The average Bonchev–Trinajstić information content (AvgIpc) is 2.67. The Bertz CT molecular complexity index is 386. The van der Waals surface area contributed by atoms with Gasteiger partial charge in [0.1, 0.15) is 5.82 Å². The number of hydrogen-bond acceptors (Lipinski definition) is 3. The molecule has 0 saturated carbocycles. The van der Waals surface area contributed by atoms with Crippen molar-refractivity contribution < 1.29 is 5.11 Å². The minimum atomic E-state index is -0.0191. The molecular formula is C13H23N3O. The van der Waals surface area contributed by atoms with E-state index >= 15 is 0 Å². The van der Waals surface area contributed by atoms with Crippen molar-refractivity contribution in [3.63, 3.8) is 0 Å². The molecule has 0 aromatic carbocycles. The van der Waals surface area contributed by atoms with Crippen molar-refractivity contribution in [2.75, 3.05) is 6.61 Å². The van der Waals surface area contributed by atoms with Gasteiger partial charge >= 0.3 is 0 Å². The summed E-state index contributed by atoms with van der Waals surface area (Å²) in [7, 11) is 0. The largest absolute Gasteiger partial charge is 0.394 e. The van der Waals surface area contributed by atoms with Gasteiger partial charge in [-0.1, -0.05) is 6.92 Å². The molecule has 0 amide bonds. The monoisotopic (exact) mass is 237 g/mol. The third kappa shape index (κ3) is 2.24. The van der Waals surface area contributed by atoms with Crippen LogP contribution < -0.4 is 5.73 Å². The van der Waals surface area contributed by atoms with Gasteiger partial charge in [-0.05, 0) is 39.0 Å². The predicted octanol–water partition coefficient (Wildman–Crippen LogP) is 1.34. The lowest BCUT2D eigenvalue weighted by atomic mass is 9.99. The van der Waals surface area contributed by atoms with E-state index in [1.807, 2.05) is 6.92 Å². The zero-order valence-electron chi connectivity index (χ0n) is 10.8. The maximum absolute atomic E-state index is 9.60. The van der Waals surface area contributed by atoms with Crippen molar-refractivity contribution in [1.82, 2.24) is 9.55 Å². The number of aryl methyl sites for hydroxylation is 2. The molecule has 0 saturated heterocycles. The van der Waals surface area contributed by atoms with Crippen molar-refractivity contribution in [1.29, 1.82) is 0 Å². The van der Waals surface area contributed by atoms with Crippen LogP contribution in [0.3, 0.4) is 0 Å². The summed E-state index contributed by atoms with van der Waals surface area (Å²) in [5, 5.41) is 9.60. The predicted molar refractivity (Wildman–Crippen MR) is 68.0 cm³/mol. The zero-order valence-corrected chi connectivity index (χ0v) is 10.8. The van der Waals surface area contributed by atoms with Gasteiger partial charge in [-0.25, -0.2) is 4.98 Å². The van der Waals surface area contributed by atoms with Crippen LogP contribution in [0.5, 0.6) is 0 Å². The summed E-state index contributed by atoms with van der Waals surface area (Å²) in [4.78, 5) is 4.63. The Morgan fingerprint density at radius 1 is 1.41 bits per heavy atom. The number of nitrogens with zero attached hydrogens (tertiary/aromatic N) is 2. The summed E-state index contributed by atoms with van der Waals surface area (Å²) in [6.45, 7) is 4.17. The average molecular weight is 237 g/mol. The smallest absolute Gasteiger partial charge is 0.106 e. The topological polar surface area (TPSA) is 64.1 Å². The lowest BCUT2D eigenvalue weighted by Gasteiger charge is -2.26. The first-order valence-electron chi connectivity index (χ1n) is 6.62. The van der Waals surface area contributed by atoms with Crippen molar-refractivity contribution in [3.05, 3.63) is 17.2 Å². The Kier molecular flexibility index (Phi) is 3.84. The molecule has 1 aliphatic carbocycles. The van der Waals surface area contributed by atoms with Gasteiger partial charge in [0.05, 0.1) is 18.3 Å². The summed E-state index contributed by atoms with van der Waals surface area (Å²) in [5.74, 6) is 1.000. The molecule has 0 spiro atoms. The first-order valence-corrected chi connectivity index (χ1v) is 6.62. The van der Waals surface area contributed by atoms with E-state index in [1.165, 1.54) is 24.2 Å². The molecule has 1 heterocycles. The second-order valence-corrected chi connectivity index (χ2v) is 4.95. The van der Waals surface area contributed by atoms with Crippen LogP contribution in [0.25, 0.3) is 0 Å².